The molecule has 3 heterocycles. The number of aryl methyl sites for hydroxylation is 3. The average molecular weight is 355 g/mol. The van der Waals surface area contributed by atoms with Crippen molar-refractivity contribution < 1.29 is 4.39 Å². The third-order valence-electron chi connectivity index (χ3n) is 5.07. The maximum absolute atomic E-state index is 14.0. The van der Waals surface area contributed by atoms with Crippen molar-refractivity contribution in [3.63, 3.8) is 0 Å². The number of rotatable bonds is 2. The summed E-state index contributed by atoms with van der Waals surface area (Å²) in [4.78, 5) is 30.3. The summed E-state index contributed by atoms with van der Waals surface area (Å²) in [5.74, 6) is 0.137. The van der Waals surface area contributed by atoms with Crippen molar-refractivity contribution in [1.82, 2.24) is 23.1 Å². The van der Waals surface area contributed by atoms with E-state index in [9.17, 15) is 14.0 Å². The minimum atomic E-state index is -0.525. The number of imidazole rings is 2. The van der Waals surface area contributed by atoms with Crippen LogP contribution in [0.25, 0.3) is 16.9 Å². The Bertz CT molecular complexity index is 1310. The van der Waals surface area contributed by atoms with Crippen LogP contribution in [0.2, 0.25) is 0 Å². The minimum Gasteiger partial charge on any atom is -0.317 e. The molecule has 4 rings (SSSR count). The van der Waals surface area contributed by atoms with Crippen LogP contribution in [0.1, 0.15) is 17.0 Å². The quantitative estimate of drug-likeness (QED) is 0.547. The number of hydrogen-bond acceptors (Lipinski definition) is 3. The lowest BCUT2D eigenvalue weighted by atomic mass is 10.2. The van der Waals surface area contributed by atoms with E-state index < -0.39 is 17.1 Å². The Morgan fingerprint density at radius 2 is 1.73 bits per heavy atom. The maximum atomic E-state index is 14.0. The smallest absolute Gasteiger partial charge is 0.317 e. The molecule has 0 N–H and O–H groups in total. The highest BCUT2D eigenvalue weighted by Gasteiger charge is 2.21. The lowest BCUT2D eigenvalue weighted by Gasteiger charge is -2.09. The molecule has 0 bridgehead atoms. The van der Waals surface area contributed by atoms with Crippen molar-refractivity contribution in [3.05, 3.63) is 67.9 Å². The van der Waals surface area contributed by atoms with E-state index in [0.29, 0.717) is 16.9 Å². The van der Waals surface area contributed by atoms with Crippen LogP contribution < -0.4 is 11.2 Å². The van der Waals surface area contributed by atoms with Crippen LogP contribution in [-0.4, -0.2) is 23.1 Å². The normalized spacial score (nSPS) is 11.7. The first kappa shape index (κ1) is 16.3. The van der Waals surface area contributed by atoms with Crippen LogP contribution in [-0.2, 0) is 20.6 Å². The lowest BCUT2D eigenvalue weighted by molar-refractivity contribution is 0.582. The summed E-state index contributed by atoms with van der Waals surface area (Å²) in [6.07, 6.45) is 0. The second-order valence-corrected chi connectivity index (χ2v) is 6.47. The summed E-state index contributed by atoms with van der Waals surface area (Å²) >= 11 is 0. The fourth-order valence-electron chi connectivity index (χ4n) is 3.34. The van der Waals surface area contributed by atoms with E-state index >= 15 is 0 Å². The zero-order valence-electron chi connectivity index (χ0n) is 14.9. The van der Waals surface area contributed by atoms with Crippen LogP contribution >= 0.6 is 0 Å². The summed E-state index contributed by atoms with van der Waals surface area (Å²) in [5.41, 5.74) is 1.77. The molecule has 26 heavy (non-hydrogen) atoms. The van der Waals surface area contributed by atoms with E-state index in [1.54, 1.807) is 29.6 Å². The SMILES string of the molecule is Cc1c(C)n2c3c(=O)n(Cc4ccccc4F)c(=O)n(C)c3nc2n1C. The molecule has 0 saturated carbocycles. The highest BCUT2D eigenvalue weighted by atomic mass is 19.1. The molecule has 0 aliphatic heterocycles. The second-order valence-electron chi connectivity index (χ2n) is 6.47. The molecule has 1 aromatic carbocycles. The van der Waals surface area contributed by atoms with E-state index in [-0.39, 0.29) is 12.1 Å². The Labute approximate surface area is 147 Å². The molecule has 3 aromatic heterocycles. The fourth-order valence-corrected chi connectivity index (χ4v) is 3.34. The van der Waals surface area contributed by atoms with Gasteiger partial charge in [0.2, 0.25) is 5.78 Å². The first-order chi connectivity index (χ1) is 12.3. The monoisotopic (exact) mass is 355 g/mol. The Morgan fingerprint density at radius 3 is 2.42 bits per heavy atom. The number of benzene rings is 1. The number of aromatic nitrogens is 5. The van der Waals surface area contributed by atoms with Gasteiger partial charge >= 0.3 is 5.69 Å². The number of halogens is 1. The standard InChI is InChI=1S/C18H18FN5O2/c1-10-11(2)24-14-15(20-17(24)21(10)3)22(4)18(26)23(16(14)25)9-12-7-5-6-8-13(12)19/h5-8H,9H2,1-4H3. The van der Waals surface area contributed by atoms with Crippen molar-refractivity contribution in [2.24, 2.45) is 14.1 Å². The van der Waals surface area contributed by atoms with Crippen molar-refractivity contribution >= 4 is 16.9 Å². The minimum absolute atomic E-state index is 0.133. The molecular formula is C18H18FN5O2. The molecule has 0 atom stereocenters. The van der Waals surface area contributed by atoms with Gasteiger partial charge in [0.15, 0.2) is 11.2 Å². The van der Waals surface area contributed by atoms with E-state index in [1.165, 1.54) is 10.6 Å². The van der Waals surface area contributed by atoms with Gasteiger partial charge in [0.1, 0.15) is 5.82 Å². The summed E-state index contributed by atoms with van der Waals surface area (Å²) in [6.45, 7) is 3.71. The summed E-state index contributed by atoms with van der Waals surface area (Å²) in [5, 5.41) is 0. The molecular weight excluding hydrogens is 337 g/mol. The topological polar surface area (TPSA) is 66.2 Å². The summed E-state index contributed by atoms with van der Waals surface area (Å²) in [7, 11) is 3.43. The van der Waals surface area contributed by atoms with Gasteiger partial charge < -0.3 is 4.57 Å². The Hall–Kier alpha value is -3.16. The first-order valence-electron chi connectivity index (χ1n) is 8.20. The lowest BCUT2D eigenvalue weighted by Crippen LogP contribution is -2.39. The van der Waals surface area contributed by atoms with Gasteiger partial charge in [0, 0.05) is 31.0 Å². The largest absolute Gasteiger partial charge is 0.332 e. The van der Waals surface area contributed by atoms with Gasteiger partial charge in [-0.05, 0) is 19.9 Å². The maximum Gasteiger partial charge on any atom is 0.332 e. The molecule has 0 spiro atoms. The van der Waals surface area contributed by atoms with Crippen LogP contribution in [0, 0.1) is 19.7 Å². The highest BCUT2D eigenvalue weighted by molar-refractivity contribution is 5.76. The van der Waals surface area contributed by atoms with Gasteiger partial charge in [-0.15, -0.1) is 0 Å². The Kier molecular flexibility index (Phi) is 3.40. The van der Waals surface area contributed by atoms with Crippen molar-refractivity contribution in [2.75, 3.05) is 0 Å². The molecule has 8 heteroatoms. The molecule has 134 valence electrons. The predicted molar refractivity (Wildman–Crippen MR) is 96.1 cm³/mol. The number of nitrogens with zero attached hydrogens (tertiary/aromatic N) is 5. The zero-order chi connectivity index (χ0) is 18.7. The molecule has 0 unspecified atom stereocenters. The third kappa shape index (κ3) is 2.01. The molecule has 0 aliphatic rings. The second kappa shape index (κ2) is 5.42. The predicted octanol–water partition coefficient (Wildman–Crippen LogP) is 1.49. The van der Waals surface area contributed by atoms with Gasteiger partial charge in [-0.1, -0.05) is 18.2 Å². The molecule has 0 saturated heterocycles. The van der Waals surface area contributed by atoms with Crippen molar-refractivity contribution in [3.8, 4) is 0 Å². The highest BCUT2D eigenvalue weighted by Crippen LogP contribution is 2.19. The molecule has 7 nitrogen and oxygen atoms in total. The van der Waals surface area contributed by atoms with Crippen LogP contribution in [0.5, 0.6) is 0 Å². The van der Waals surface area contributed by atoms with Gasteiger partial charge in [0.25, 0.3) is 5.56 Å². The molecule has 0 amide bonds. The van der Waals surface area contributed by atoms with E-state index in [1.807, 2.05) is 25.5 Å². The molecule has 0 fully saturated rings. The number of hydrogen-bond donors (Lipinski definition) is 0. The molecule has 0 aliphatic carbocycles. The van der Waals surface area contributed by atoms with Gasteiger partial charge in [-0.2, -0.15) is 4.98 Å². The van der Waals surface area contributed by atoms with Gasteiger partial charge in [-0.25, -0.2) is 9.18 Å². The summed E-state index contributed by atoms with van der Waals surface area (Å²) in [6, 6.07) is 6.12. The molecule has 4 aromatic rings. The fraction of sp³-hybridized carbons (Fsp3) is 0.278. The molecule has 0 radical (unpaired) electrons. The summed E-state index contributed by atoms with van der Waals surface area (Å²) < 4.78 is 20.0. The van der Waals surface area contributed by atoms with Gasteiger partial charge in [-0.3, -0.25) is 18.3 Å². The van der Waals surface area contributed by atoms with E-state index in [0.717, 1.165) is 16.0 Å². The van der Waals surface area contributed by atoms with Crippen LogP contribution in [0.3, 0.4) is 0 Å². The van der Waals surface area contributed by atoms with E-state index in [4.69, 9.17) is 0 Å². The van der Waals surface area contributed by atoms with Gasteiger partial charge in [0.05, 0.1) is 6.54 Å². The van der Waals surface area contributed by atoms with Crippen molar-refractivity contribution in [1.29, 1.82) is 0 Å². The Morgan fingerprint density at radius 1 is 1.04 bits per heavy atom. The number of fused-ring (bicyclic) bond motifs is 3. The van der Waals surface area contributed by atoms with Crippen LogP contribution in [0.15, 0.2) is 33.9 Å². The third-order valence-corrected chi connectivity index (χ3v) is 5.07. The Balaban J connectivity index is 2.11. The van der Waals surface area contributed by atoms with E-state index in [2.05, 4.69) is 4.98 Å². The van der Waals surface area contributed by atoms with Crippen molar-refractivity contribution in [2.45, 2.75) is 20.4 Å². The van der Waals surface area contributed by atoms with Crippen LogP contribution in [0.4, 0.5) is 4.39 Å². The first-order valence-corrected chi connectivity index (χ1v) is 8.20. The zero-order valence-corrected chi connectivity index (χ0v) is 14.9. The average Bonchev–Trinajstić information content (AvgIpc) is 3.11.